The van der Waals surface area contributed by atoms with Crippen molar-refractivity contribution in [2.75, 3.05) is 5.73 Å². The number of nitrogens with two attached hydrogens (primary N) is 1. The minimum Gasteiger partial charge on any atom is -0.382 e. The summed E-state index contributed by atoms with van der Waals surface area (Å²) >= 11 is 3.41. The molecule has 0 radical (unpaired) electrons. The van der Waals surface area contributed by atoms with E-state index in [1.165, 1.54) is 0 Å². The van der Waals surface area contributed by atoms with Gasteiger partial charge in [-0.2, -0.15) is 5.26 Å². The van der Waals surface area contributed by atoms with Gasteiger partial charge in [0.2, 0.25) is 0 Å². The van der Waals surface area contributed by atoms with Gasteiger partial charge in [0, 0.05) is 10.0 Å². The monoisotopic (exact) mass is 302 g/mol. The van der Waals surface area contributed by atoms with Crippen LogP contribution in [0.1, 0.15) is 16.8 Å². The van der Waals surface area contributed by atoms with Gasteiger partial charge >= 0.3 is 0 Å². The number of anilines is 1. The third-order valence-electron chi connectivity index (χ3n) is 2.66. The van der Waals surface area contributed by atoms with Crippen LogP contribution >= 0.6 is 15.9 Å². The maximum Gasteiger partial charge on any atom is 0.162 e. The number of aryl methyl sites for hydroxylation is 2. The predicted molar refractivity (Wildman–Crippen MR) is 73.8 cm³/mol. The molecule has 90 valence electrons. The molecule has 2 aromatic rings. The third kappa shape index (κ3) is 2.20. The molecule has 0 fully saturated rings. The van der Waals surface area contributed by atoms with E-state index in [1.54, 1.807) is 6.92 Å². The summed E-state index contributed by atoms with van der Waals surface area (Å²) in [4.78, 5) is 8.53. The van der Waals surface area contributed by atoms with E-state index in [0.29, 0.717) is 17.1 Å². The Morgan fingerprint density at radius 2 is 2.00 bits per heavy atom. The Balaban J connectivity index is 2.63. The van der Waals surface area contributed by atoms with Crippen LogP contribution in [0.15, 0.2) is 22.7 Å². The van der Waals surface area contributed by atoms with Gasteiger partial charge in [-0.15, -0.1) is 0 Å². The fraction of sp³-hybridized carbons (Fsp3) is 0.154. The van der Waals surface area contributed by atoms with Gasteiger partial charge in [-0.3, -0.25) is 0 Å². The number of hydrogen-bond donors (Lipinski definition) is 1. The van der Waals surface area contributed by atoms with Crippen molar-refractivity contribution in [2.24, 2.45) is 0 Å². The van der Waals surface area contributed by atoms with E-state index in [0.717, 1.165) is 15.6 Å². The van der Waals surface area contributed by atoms with Crippen LogP contribution in [-0.4, -0.2) is 9.97 Å². The standard InChI is InChI=1S/C13H11BrN4/c1-7-5-9(14)3-4-10(7)13-17-8(2)11(6-15)12(16)18-13/h3-5H,1-2H3,(H2,16,17,18). The Labute approximate surface area is 114 Å². The molecule has 0 bridgehead atoms. The van der Waals surface area contributed by atoms with Crippen molar-refractivity contribution in [2.45, 2.75) is 13.8 Å². The lowest BCUT2D eigenvalue weighted by Crippen LogP contribution is -2.03. The van der Waals surface area contributed by atoms with Crippen LogP contribution in [0.5, 0.6) is 0 Å². The first kappa shape index (κ1) is 12.5. The summed E-state index contributed by atoms with van der Waals surface area (Å²) in [6.45, 7) is 3.74. The number of nitrogens with zero attached hydrogens (tertiary/aromatic N) is 3. The van der Waals surface area contributed by atoms with Crippen molar-refractivity contribution < 1.29 is 0 Å². The van der Waals surface area contributed by atoms with Gasteiger partial charge in [-0.1, -0.05) is 15.9 Å². The predicted octanol–water partition coefficient (Wildman–Crippen LogP) is 2.98. The third-order valence-corrected chi connectivity index (χ3v) is 3.15. The maximum atomic E-state index is 8.94. The number of halogens is 1. The lowest BCUT2D eigenvalue weighted by Gasteiger charge is -2.08. The van der Waals surface area contributed by atoms with Crippen molar-refractivity contribution >= 4 is 21.7 Å². The highest BCUT2D eigenvalue weighted by molar-refractivity contribution is 9.10. The van der Waals surface area contributed by atoms with Crippen LogP contribution < -0.4 is 5.73 Å². The van der Waals surface area contributed by atoms with Crippen LogP contribution in [0.4, 0.5) is 5.82 Å². The van der Waals surface area contributed by atoms with E-state index in [1.807, 2.05) is 31.2 Å². The minimum atomic E-state index is 0.224. The van der Waals surface area contributed by atoms with Gasteiger partial charge in [0.15, 0.2) is 5.82 Å². The molecule has 0 atom stereocenters. The zero-order valence-corrected chi connectivity index (χ0v) is 11.6. The highest BCUT2D eigenvalue weighted by Gasteiger charge is 2.11. The molecule has 18 heavy (non-hydrogen) atoms. The van der Waals surface area contributed by atoms with Gasteiger partial charge in [0.1, 0.15) is 17.5 Å². The molecule has 0 aliphatic heterocycles. The Bertz CT molecular complexity index is 636. The van der Waals surface area contributed by atoms with Crippen LogP contribution in [0.25, 0.3) is 11.4 Å². The summed E-state index contributed by atoms with van der Waals surface area (Å²) in [5, 5.41) is 8.94. The quantitative estimate of drug-likeness (QED) is 0.878. The summed E-state index contributed by atoms with van der Waals surface area (Å²) < 4.78 is 1.00. The van der Waals surface area contributed by atoms with Crippen molar-refractivity contribution in [1.82, 2.24) is 9.97 Å². The van der Waals surface area contributed by atoms with Crippen molar-refractivity contribution in [3.8, 4) is 17.5 Å². The zero-order valence-electron chi connectivity index (χ0n) is 10.0. The first-order valence-corrected chi connectivity index (χ1v) is 6.13. The molecule has 0 saturated carbocycles. The first-order valence-electron chi connectivity index (χ1n) is 5.33. The van der Waals surface area contributed by atoms with Gasteiger partial charge in [0.05, 0.1) is 5.69 Å². The molecule has 0 spiro atoms. The molecular weight excluding hydrogens is 292 g/mol. The molecule has 0 saturated heterocycles. The minimum absolute atomic E-state index is 0.224. The zero-order chi connectivity index (χ0) is 13.3. The fourth-order valence-corrected chi connectivity index (χ4v) is 2.21. The number of nitriles is 1. The van der Waals surface area contributed by atoms with E-state index < -0.39 is 0 Å². The molecule has 1 heterocycles. The van der Waals surface area contributed by atoms with Gasteiger partial charge in [-0.05, 0) is 37.6 Å². The average Bonchev–Trinajstić information content (AvgIpc) is 2.28. The topological polar surface area (TPSA) is 75.6 Å². The molecule has 4 nitrogen and oxygen atoms in total. The number of aromatic nitrogens is 2. The highest BCUT2D eigenvalue weighted by Crippen LogP contribution is 2.25. The summed E-state index contributed by atoms with van der Waals surface area (Å²) in [5.41, 5.74) is 8.67. The number of benzene rings is 1. The Kier molecular flexibility index (Phi) is 3.30. The molecule has 0 aliphatic carbocycles. The normalized spacial score (nSPS) is 10.1. The van der Waals surface area contributed by atoms with E-state index in [9.17, 15) is 0 Å². The molecule has 1 aromatic carbocycles. The SMILES string of the molecule is Cc1cc(Br)ccc1-c1nc(C)c(C#N)c(N)n1. The second kappa shape index (κ2) is 4.75. The number of rotatable bonds is 1. The summed E-state index contributed by atoms with van der Waals surface area (Å²) in [6, 6.07) is 7.85. The van der Waals surface area contributed by atoms with Crippen molar-refractivity contribution in [3.05, 3.63) is 39.5 Å². The molecule has 1 aromatic heterocycles. The Morgan fingerprint density at radius 3 is 2.56 bits per heavy atom. The van der Waals surface area contributed by atoms with Crippen LogP contribution in [0, 0.1) is 25.2 Å². The average molecular weight is 303 g/mol. The molecule has 2 N–H and O–H groups in total. The van der Waals surface area contributed by atoms with Gasteiger partial charge in [0.25, 0.3) is 0 Å². The second-order valence-corrected chi connectivity index (χ2v) is 4.88. The van der Waals surface area contributed by atoms with Gasteiger partial charge < -0.3 is 5.73 Å². The molecule has 0 aliphatic rings. The van der Waals surface area contributed by atoms with Crippen molar-refractivity contribution in [3.63, 3.8) is 0 Å². The van der Waals surface area contributed by atoms with Crippen LogP contribution in [-0.2, 0) is 0 Å². The smallest absolute Gasteiger partial charge is 0.162 e. The summed E-state index contributed by atoms with van der Waals surface area (Å²) in [7, 11) is 0. The van der Waals surface area contributed by atoms with Gasteiger partial charge in [-0.25, -0.2) is 9.97 Å². The lowest BCUT2D eigenvalue weighted by atomic mass is 10.1. The van der Waals surface area contributed by atoms with Crippen LogP contribution in [0.2, 0.25) is 0 Å². The maximum absolute atomic E-state index is 8.94. The largest absolute Gasteiger partial charge is 0.382 e. The van der Waals surface area contributed by atoms with E-state index in [-0.39, 0.29) is 5.82 Å². The Hall–Kier alpha value is -1.93. The molecule has 5 heteroatoms. The van der Waals surface area contributed by atoms with Crippen molar-refractivity contribution in [1.29, 1.82) is 5.26 Å². The second-order valence-electron chi connectivity index (χ2n) is 3.96. The number of hydrogen-bond acceptors (Lipinski definition) is 4. The van der Waals surface area contributed by atoms with E-state index >= 15 is 0 Å². The summed E-state index contributed by atoms with van der Waals surface area (Å²) in [6.07, 6.45) is 0. The summed E-state index contributed by atoms with van der Waals surface area (Å²) in [5.74, 6) is 0.774. The molecular formula is C13H11BrN4. The van der Waals surface area contributed by atoms with E-state index in [4.69, 9.17) is 11.0 Å². The molecule has 0 unspecified atom stereocenters. The van der Waals surface area contributed by atoms with Crippen LogP contribution in [0.3, 0.4) is 0 Å². The molecule has 0 amide bonds. The lowest BCUT2D eigenvalue weighted by molar-refractivity contribution is 1.10. The molecule has 2 rings (SSSR count). The van der Waals surface area contributed by atoms with E-state index in [2.05, 4.69) is 25.9 Å². The highest BCUT2D eigenvalue weighted by atomic mass is 79.9. The number of nitrogen functional groups attached to an aromatic ring is 1. The Morgan fingerprint density at radius 1 is 1.28 bits per heavy atom. The fourth-order valence-electron chi connectivity index (χ4n) is 1.73. The first-order chi connectivity index (χ1) is 8.52.